The first-order valence-electron chi connectivity index (χ1n) is 5.37. The minimum Gasteiger partial charge on any atom is -0.322 e. The van der Waals surface area contributed by atoms with E-state index in [2.05, 4.69) is 5.32 Å². The van der Waals surface area contributed by atoms with Crippen LogP contribution in [0, 0.1) is 17.1 Å². The van der Waals surface area contributed by atoms with E-state index in [9.17, 15) is 9.18 Å². The number of nitrogens with zero attached hydrogens (tertiary/aromatic N) is 1. The first kappa shape index (κ1) is 13.1. The lowest BCUT2D eigenvalue weighted by atomic mass is 10.2. The second-order valence-corrected chi connectivity index (χ2v) is 4.17. The van der Waals surface area contributed by atoms with Crippen LogP contribution in [0.2, 0.25) is 5.02 Å². The summed E-state index contributed by atoms with van der Waals surface area (Å²) in [6, 6.07) is 11.7. The van der Waals surface area contributed by atoms with Crippen molar-refractivity contribution in [3.63, 3.8) is 0 Å². The molecule has 94 valence electrons. The zero-order valence-corrected chi connectivity index (χ0v) is 10.4. The summed E-state index contributed by atoms with van der Waals surface area (Å²) < 4.78 is 12.7. The molecule has 0 saturated carbocycles. The molecule has 0 heterocycles. The van der Waals surface area contributed by atoms with E-state index in [-0.39, 0.29) is 10.9 Å². The highest BCUT2D eigenvalue weighted by atomic mass is 35.5. The predicted molar refractivity (Wildman–Crippen MR) is 70.5 cm³/mol. The van der Waals surface area contributed by atoms with Crippen LogP contribution in [0.5, 0.6) is 0 Å². The lowest BCUT2D eigenvalue weighted by Crippen LogP contribution is -2.11. The molecule has 0 unspecified atom stereocenters. The number of anilines is 1. The number of halogens is 2. The van der Waals surface area contributed by atoms with E-state index in [1.54, 1.807) is 6.07 Å². The molecule has 0 radical (unpaired) electrons. The number of hydrogen-bond donors (Lipinski definition) is 1. The maximum absolute atomic E-state index is 12.7. The van der Waals surface area contributed by atoms with E-state index in [0.29, 0.717) is 16.8 Å². The maximum atomic E-state index is 12.7. The fourth-order valence-corrected chi connectivity index (χ4v) is 1.71. The summed E-state index contributed by atoms with van der Waals surface area (Å²) in [6.45, 7) is 0. The van der Waals surface area contributed by atoms with Crippen molar-refractivity contribution >= 4 is 23.2 Å². The van der Waals surface area contributed by atoms with Gasteiger partial charge in [-0.25, -0.2) is 4.39 Å². The van der Waals surface area contributed by atoms with Crippen LogP contribution in [-0.2, 0) is 0 Å². The third kappa shape index (κ3) is 3.09. The molecule has 2 aromatic rings. The van der Waals surface area contributed by atoms with Crippen molar-refractivity contribution in [2.24, 2.45) is 0 Å². The van der Waals surface area contributed by atoms with Crippen LogP contribution in [0.25, 0.3) is 0 Å². The molecule has 0 saturated heterocycles. The van der Waals surface area contributed by atoms with Crippen molar-refractivity contribution in [1.29, 1.82) is 5.26 Å². The van der Waals surface area contributed by atoms with Crippen LogP contribution in [0.4, 0.5) is 10.1 Å². The van der Waals surface area contributed by atoms with Gasteiger partial charge in [0.25, 0.3) is 5.91 Å². The summed E-state index contributed by atoms with van der Waals surface area (Å²) in [5, 5.41) is 11.6. The molecule has 1 N–H and O–H groups in total. The molecule has 5 heteroatoms. The lowest BCUT2D eigenvalue weighted by Gasteiger charge is -2.06. The summed E-state index contributed by atoms with van der Waals surface area (Å²) in [5.74, 6) is -0.779. The summed E-state index contributed by atoms with van der Waals surface area (Å²) in [6.07, 6.45) is 0. The topological polar surface area (TPSA) is 52.9 Å². The molecule has 0 aliphatic heterocycles. The molecule has 0 atom stereocenters. The standard InChI is InChI=1S/C14H8ClFN2O/c15-13-7-12(6-3-10(13)8-17)18-14(19)9-1-4-11(16)5-2-9/h1-7H,(H,18,19). The van der Waals surface area contributed by atoms with E-state index in [0.717, 1.165) is 0 Å². The highest BCUT2D eigenvalue weighted by Gasteiger charge is 2.07. The highest BCUT2D eigenvalue weighted by molar-refractivity contribution is 6.32. The number of carbonyl (C=O) groups is 1. The summed E-state index contributed by atoms with van der Waals surface area (Å²) in [4.78, 5) is 11.8. The van der Waals surface area contributed by atoms with Crippen LogP contribution >= 0.6 is 11.6 Å². The average molecular weight is 275 g/mol. The number of amides is 1. The molecular weight excluding hydrogens is 267 g/mol. The monoisotopic (exact) mass is 274 g/mol. The van der Waals surface area contributed by atoms with Gasteiger partial charge in [-0.05, 0) is 42.5 Å². The smallest absolute Gasteiger partial charge is 0.255 e. The minimum absolute atomic E-state index is 0.263. The molecule has 1 amide bonds. The second kappa shape index (κ2) is 5.51. The molecule has 0 aliphatic carbocycles. The molecule has 19 heavy (non-hydrogen) atoms. The number of rotatable bonds is 2. The number of nitriles is 1. The molecule has 0 spiro atoms. The molecule has 2 rings (SSSR count). The Bertz CT molecular complexity index is 662. The van der Waals surface area contributed by atoms with Gasteiger partial charge in [0.15, 0.2) is 0 Å². The van der Waals surface area contributed by atoms with Crippen molar-refractivity contribution in [3.8, 4) is 6.07 Å². The van der Waals surface area contributed by atoms with Gasteiger partial charge in [-0.3, -0.25) is 4.79 Å². The Morgan fingerprint density at radius 2 is 1.89 bits per heavy atom. The van der Waals surface area contributed by atoms with Gasteiger partial charge in [-0.1, -0.05) is 11.6 Å². The summed E-state index contributed by atoms with van der Waals surface area (Å²) in [5.41, 5.74) is 1.14. The zero-order chi connectivity index (χ0) is 13.8. The largest absolute Gasteiger partial charge is 0.322 e. The second-order valence-electron chi connectivity index (χ2n) is 3.77. The number of hydrogen-bond acceptors (Lipinski definition) is 2. The molecular formula is C14H8ClFN2O. The molecule has 0 aromatic heterocycles. The Hall–Kier alpha value is -2.38. The van der Waals surface area contributed by atoms with Crippen molar-refractivity contribution in [2.45, 2.75) is 0 Å². The lowest BCUT2D eigenvalue weighted by molar-refractivity contribution is 0.102. The van der Waals surface area contributed by atoms with E-state index >= 15 is 0 Å². The van der Waals surface area contributed by atoms with Gasteiger partial charge in [-0.2, -0.15) is 5.26 Å². The third-order valence-corrected chi connectivity index (χ3v) is 2.77. The Morgan fingerprint density at radius 3 is 2.47 bits per heavy atom. The van der Waals surface area contributed by atoms with Crippen molar-refractivity contribution < 1.29 is 9.18 Å². The maximum Gasteiger partial charge on any atom is 0.255 e. The van der Waals surface area contributed by atoms with Gasteiger partial charge in [0.05, 0.1) is 10.6 Å². The predicted octanol–water partition coefficient (Wildman–Crippen LogP) is 3.60. The molecule has 2 aromatic carbocycles. The Balaban J connectivity index is 2.17. The van der Waals surface area contributed by atoms with Crippen LogP contribution in [0.1, 0.15) is 15.9 Å². The first-order chi connectivity index (χ1) is 9.10. The fourth-order valence-electron chi connectivity index (χ4n) is 1.49. The van der Waals surface area contributed by atoms with Gasteiger partial charge in [0.2, 0.25) is 0 Å². The van der Waals surface area contributed by atoms with Crippen LogP contribution in [0.3, 0.4) is 0 Å². The Labute approximate surface area is 114 Å². The number of benzene rings is 2. The summed E-state index contributed by atoms with van der Waals surface area (Å²) >= 11 is 5.86. The number of nitrogens with one attached hydrogen (secondary N) is 1. The van der Waals surface area contributed by atoms with Gasteiger partial charge in [0, 0.05) is 11.3 Å². The molecule has 0 bridgehead atoms. The molecule has 3 nitrogen and oxygen atoms in total. The van der Waals surface area contributed by atoms with Gasteiger partial charge in [-0.15, -0.1) is 0 Å². The van der Waals surface area contributed by atoms with Crippen molar-refractivity contribution in [2.75, 3.05) is 5.32 Å². The first-order valence-corrected chi connectivity index (χ1v) is 5.74. The van der Waals surface area contributed by atoms with Gasteiger partial charge < -0.3 is 5.32 Å². The Kier molecular flexibility index (Phi) is 3.79. The molecule has 0 aliphatic rings. The van der Waals surface area contributed by atoms with Crippen molar-refractivity contribution in [1.82, 2.24) is 0 Å². The minimum atomic E-state index is -0.405. The van der Waals surface area contributed by atoms with Crippen molar-refractivity contribution in [3.05, 3.63) is 64.4 Å². The van der Waals surface area contributed by atoms with E-state index < -0.39 is 5.82 Å². The van der Waals surface area contributed by atoms with Crippen LogP contribution in [0.15, 0.2) is 42.5 Å². The number of carbonyl (C=O) groups excluding carboxylic acids is 1. The van der Waals surface area contributed by atoms with Crippen LogP contribution in [-0.4, -0.2) is 5.91 Å². The molecule has 0 fully saturated rings. The van der Waals surface area contributed by atoms with E-state index in [4.69, 9.17) is 16.9 Å². The third-order valence-electron chi connectivity index (χ3n) is 2.45. The SMILES string of the molecule is N#Cc1ccc(NC(=O)c2ccc(F)cc2)cc1Cl. The van der Waals surface area contributed by atoms with E-state index in [1.807, 2.05) is 6.07 Å². The van der Waals surface area contributed by atoms with Gasteiger partial charge >= 0.3 is 0 Å². The fraction of sp³-hybridized carbons (Fsp3) is 0. The normalized spacial score (nSPS) is 9.74. The average Bonchev–Trinajstić information content (AvgIpc) is 2.39. The van der Waals surface area contributed by atoms with E-state index in [1.165, 1.54) is 36.4 Å². The highest BCUT2D eigenvalue weighted by Crippen LogP contribution is 2.20. The quantitative estimate of drug-likeness (QED) is 0.909. The van der Waals surface area contributed by atoms with Gasteiger partial charge in [0.1, 0.15) is 11.9 Å². The Morgan fingerprint density at radius 1 is 1.21 bits per heavy atom. The van der Waals surface area contributed by atoms with Crippen LogP contribution < -0.4 is 5.32 Å². The zero-order valence-electron chi connectivity index (χ0n) is 9.65. The summed E-state index contributed by atoms with van der Waals surface area (Å²) in [7, 11) is 0.